The highest BCUT2D eigenvalue weighted by molar-refractivity contribution is 5.85. The molecule has 1 unspecified atom stereocenters. The number of nitrogens with one attached hydrogen (secondary N) is 2. The van der Waals surface area contributed by atoms with Gasteiger partial charge in [-0.1, -0.05) is 6.07 Å². The van der Waals surface area contributed by atoms with Crippen molar-refractivity contribution in [1.29, 1.82) is 0 Å². The van der Waals surface area contributed by atoms with E-state index < -0.39 is 30.8 Å². The maximum atomic E-state index is 12.0. The van der Waals surface area contributed by atoms with Crippen molar-refractivity contribution in [3.05, 3.63) is 24.3 Å². The summed E-state index contributed by atoms with van der Waals surface area (Å²) >= 11 is 0. The maximum absolute atomic E-state index is 12.0. The molecule has 6 nitrogen and oxygen atoms in total. The van der Waals surface area contributed by atoms with Gasteiger partial charge in [-0.05, 0) is 26.0 Å². The summed E-state index contributed by atoms with van der Waals surface area (Å²) < 4.78 is 46.1. The van der Waals surface area contributed by atoms with Crippen molar-refractivity contribution in [1.82, 2.24) is 5.32 Å². The number of hydrogen-bond donors (Lipinski definition) is 2. The van der Waals surface area contributed by atoms with E-state index >= 15 is 0 Å². The molecule has 0 saturated heterocycles. The van der Waals surface area contributed by atoms with Crippen LogP contribution >= 0.6 is 0 Å². The first-order valence-corrected chi connectivity index (χ1v) is 6.76. The molecule has 0 aliphatic heterocycles. The van der Waals surface area contributed by atoms with Gasteiger partial charge in [0.25, 0.3) is 5.91 Å². The van der Waals surface area contributed by atoms with Crippen molar-refractivity contribution in [2.75, 3.05) is 18.5 Å². The van der Waals surface area contributed by atoms with Crippen molar-refractivity contribution in [2.24, 2.45) is 0 Å². The topological polar surface area (TPSA) is 76.7 Å². The molecular weight excluding hydrogens is 317 g/mol. The second kappa shape index (κ2) is 8.25. The molecule has 0 aromatic heterocycles. The van der Waals surface area contributed by atoms with Crippen LogP contribution < -0.4 is 15.4 Å². The Labute approximate surface area is 130 Å². The van der Waals surface area contributed by atoms with E-state index in [1.165, 1.54) is 19.1 Å². The molecule has 1 atom stereocenters. The number of carbonyl (C=O) groups excluding carboxylic acids is 2. The zero-order valence-corrected chi connectivity index (χ0v) is 12.6. The number of hydrogen-bond acceptors (Lipinski definition) is 4. The van der Waals surface area contributed by atoms with Crippen molar-refractivity contribution in [2.45, 2.75) is 26.1 Å². The van der Waals surface area contributed by atoms with Gasteiger partial charge < -0.3 is 14.8 Å². The predicted octanol–water partition coefficient (Wildman–Crippen LogP) is 2.70. The van der Waals surface area contributed by atoms with Crippen molar-refractivity contribution < 1.29 is 32.2 Å². The minimum Gasteiger partial charge on any atom is -0.481 e. The molecule has 128 valence electrons. The number of halogens is 3. The molecule has 0 fully saturated rings. The molecular formula is C14H17F3N2O4. The molecule has 2 amide bonds. The van der Waals surface area contributed by atoms with E-state index in [2.05, 4.69) is 5.32 Å². The van der Waals surface area contributed by atoms with Crippen LogP contribution in [-0.4, -0.2) is 37.4 Å². The highest BCUT2D eigenvalue weighted by atomic mass is 19.4. The van der Waals surface area contributed by atoms with Gasteiger partial charge in [0.2, 0.25) is 0 Å². The number of anilines is 1. The Bertz CT molecular complexity index is 549. The predicted molar refractivity (Wildman–Crippen MR) is 76.2 cm³/mol. The molecule has 0 heterocycles. The lowest BCUT2D eigenvalue weighted by Crippen LogP contribution is -2.41. The van der Waals surface area contributed by atoms with Gasteiger partial charge in [0.05, 0.1) is 6.61 Å². The summed E-state index contributed by atoms with van der Waals surface area (Å²) in [5, 5.41) is 4.17. The van der Waals surface area contributed by atoms with Crippen molar-refractivity contribution >= 4 is 17.7 Å². The van der Waals surface area contributed by atoms with Gasteiger partial charge in [-0.15, -0.1) is 0 Å². The molecule has 23 heavy (non-hydrogen) atoms. The van der Waals surface area contributed by atoms with Crippen LogP contribution in [0.2, 0.25) is 0 Å². The normalized spacial score (nSPS) is 12.2. The van der Waals surface area contributed by atoms with Gasteiger partial charge in [0.15, 0.2) is 6.10 Å². The lowest BCUT2D eigenvalue weighted by Gasteiger charge is -2.16. The molecule has 0 spiro atoms. The standard InChI is InChI=1S/C14H17F3N2O4/c1-3-22-13(21)19-10-5-4-6-11(7-10)23-9(2)12(20)18-8-14(15,16)17/h4-7,9H,3,8H2,1-2H3,(H,18,20)(H,19,21). The summed E-state index contributed by atoms with van der Waals surface area (Å²) in [5.74, 6) is -0.681. The minimum absolute atomic E-state index is 0.207. The molecule has 0 radical (unpaired) electrons. The maximum Gasteiger partial charge on any atom is 0.411 e. The number of rotatable bonds is 6. The summed E-state index contributed by atoms with van der Waals surface area (Å²) in [6.07, 6.45) is -6.27. The van der Waals surface area contributed by atoms with Crippen LogP contribution in [0.4, 0.5) is 23.7 Å². The van der Waals surface area contributed by atoms with Crippen molar-refractivity contribution in [3.63, 3.8) is 0 Å². The average molecular weight is 334 g/mol. The fourth-order valence-electron chi connectivity index (χ4n) is 1.52. The summed E-state index contributed by atoms with van der Waals surface area (Å²) in [4.78, 5) is 22.8. The number of amides is 2. The third-order valence-electron chi connectivity index (χ3n) is 2.50. The second-order valence-corrected chi connectivity index (χ2v) is 4.47. The van der Waals surface area contributed by atoms with Gasteiger partial charge in [-0.3, -0.25) is 10.1 Å². The Morgan fingerprint density at radius 3 is 2.61 bits per heavy atom. The molecule has 0 aliphatic rings. The Balaban J connectivity index is 2.59. The quantitative estimate of drug-likeness (QED) is 0.839. The molecule has 1 rings (SSSR count). The Morgan fingerprint density at radius 2 is 2.00 bits per heavy atom. The third-order valence-corrected chi connectivity index (χ3v) is 2.50. The molecule has 1 aromatic rings. The van der Waals surface area contributed by atoms with Gasteiger partial charge in [0, 0.05) is 11.8 Å². The summed E-state index contributed by atoms with van der Waals surface area (Å²) in [5.41, 5.74) is 0.365. The van der Waals surface area contributed by atoms with E-state index in [-0.39, 0.29) is 12.4 Å². The Kier molecular flexibility index (Phi) is 6.67. The minimum atomic E-state index is -4.49. The third kappa shape index (κ3) is 7.39. The monoisotopic (exact) mass is 334 g/mol. The highest BCUT2D eigenvalue weighted by Gasteiger charge is 2.29. The zero-order valence-electron chi connectivity index (χ0n) is 12.6. The summed E-state index contributed by atoms with van der Waals surface area (Å²) in [7, 11) is 0. The van der Waals surface area contributed by atoms with E-state index in [9.17, 15) is 22.8 Å². The van der Waals surface area contributed by atoms with E-state index in [1.54, 1.807) is 24.4 Å². The first-order chi connectivity index (χ1) is 10.7. The van der Waals surface area contributed by atoms with Gasteiger partial charge in [-0.25, -0.2) is 4.79 Å². The van der Waals surface area contributed by atoms with Crippen LogP contribution in [0.25, 0.3) is 0 Å². The largest absolute Gasteiger partial charge is 0.481 e. The first-order valence-electron chi connectivity index (χ1n) is 6.76. The lowest BCUT2D eigenvalue weighted by molar-refractivity contribution is -0.142. The van der Waals surface area contributed by atoms with Crippen LogP contribution in [0.5, 0.6) is 5.75 Å². The Hall–Kier alpha value is -2.45. The number of ether oxygens (including phenoxy) is 2. The van der Waals surface area contributed by atoms with Crippen LogP contribution in [0.3, 0.4) is 0 Å². The number of alkyl halides is 3. The SMILES string of the molecule is CCOC(=O)Nc1cccc(OC(C)C(=O)NCC(F)(F)F)c1. The molecule has 1 aromatic carbocycles. The fraction of sp³-hybridized carbons (Fsp3) is 0.429. The van der Waals surface area contributed by atoms with E-state index in [4.69, 9.17) is 9.47 Å². The number of carbonyl (C=O) groups is 2. The smallest absolute Gasteiger partial charge is 0.411 e. The van der Waals surface area contributed by atoms with Crippen LogP contribution in [0.1, 0.15) is 13.8 Å². The first kappa shape index (κ1) is 18.6. The molecule has 0 aliphatic carbocycles. The van der Waals surface area contributed by atoms with E-state index in [1.807, 2.05) is 0 Å². The summed E-state index contributed by atoms with van der Waals surface area (Å²) in [6.45, 7) is 1.75. The van der Waals surface area contributed by atoms with Crippen LogP contribution in [0, 0.1) is 0 Å². The van der Waals surface area contributed by atoms with E-state index in [0.717, 1.165) is 0 Å². The average Bonchev–Trinajstić information content (AvgIpc) is 2.44. The molecule has 9 heteroatoms. The second-order valence-electron chi connectivity index (χ2n) is 4.47. The fourth-order valence-corrected chi connectivity index (χ4v) is 1.52. The summed E-state index contributed by atoms with van der Waals surface area (Å²) in [6, 6.07) is 6.05. The zero-order chi connectivity index (χ0) is 17.5. The van der Waals surface area contributed by atoms with Gasteiger partial charge >= 0.3 is 12.3 Å². The van der Waals surface area contributed by atoms with E-state index in [0.29, 0.717) is 5.69 Å². The van der Waals surface area contributed by atoms with Crippen molar-refractivity contribution in [3.8, 4) is 5.75 Å². The highest BCUT2D eigenvalue weighted by Crippen LogP contribution is 2.19. The molecule has 0 bridgehead atoms. The number of benzene rings is 1. The van der Waals surface area contributed by atoms with Gasteiger partial charge in [-0.2, -0.15) is 13.2 Å². The Morgan fingerprint density at radius 1 is 1.30 bits per heavy atom. The molecule has 2 N–H and O–H groups in total. The van der Waals surface area contributed by atoms with Gasteiger partial charge in [0.1, 0.15) is 12.3 Å². The van der Waals surface area contributed by atoms with Crippen LogP contribution in [-0.2, 0) is 9.53 Å². The van der Waals surface area contributed by atoms with Crippen LogP contribution in [0.15, 0.2) is 24.3 Å². The lowest BCUT2D eigenvalue weighted by atomic mass is 10.3. The molecule has 0 saturated carbocycles.